The van der Waals surface area contributed by atoms with Crippen molar-refractivity contribution in [1.29, 1.82) is 0 Å². The van der Waals surface area contributed by atoms with Crippen molar-refractivity contribution in [3.05, 3.63) is 30.6 Å². The summed E-state index contributed by atoms with van der Waals surface area (Å²) in [5, 5.41) is 10.3. The predicted octanol–water partition coefficient (Wildman–Crippen LogP) is 7.15. The van der Waals surface area contributed by atoms with Gasteiger partial charge in [0.25, 0.3) is 5.56 Å². The molecular weight excluding hydrogens is 623 g/mol. The van der Waals surface area contributed by atoms with E-state index in [1.807, 2.05) is 22.6 Å². The van der Waals surface area contributed by atoms with Crippen LogP contribution in [0, 0.1) is 3.57 Å². The van der Waals surface area contributed by atoms with Crippen LogP contribution in [-0.4, -0.2) is 39.4 Å². The van der Waals surface area contributed by atoms with Crippen LogP contribution in [-0.2, 0) is 14.3 Å². The second kappa shape index (κ2) is 21.5. The number of hydrogen-bond acceptors (Lipinski definition) is 6. The Balaban J connectivity index is 1.38. The fourth-order valence-corrected chi connectivity index (χ4v) is 5.74. The van der Waals surface area contributed by atoms with Gasteiger partial charge in [-0.15, -0.1) is 0 Å². The molecule has 1 aromatic rings. The van der Waals surface area contributed by atoms with Crippen molar-refractivity contribution in [2.24, 2.45) is 0 Å². The predicted molar refractivity (Wildman–Crippen MR) is 168 cm³/mol. The molecule has 0 radical (unpaired) electrons. The van der Waals surface area contributed by atoms with Gasteiger partial charge in [-0.05, 0) is 29.0 Å². The first kappa shape index (κ1) is 35.0. The number of nitrogens with zero attached hydrogens (tertiary/aromatic N) is 1. The lowest BCUT2D eigenvalue weighted by Gasteiger charge is -2.16. The Morgan fingerprint density at radius 1 is 0.900 bits per heavy atom. The SMILES string of the molecule is CCCCCCCCCCCCCCCCCCCCCC(=O)OC[C@H]1O[C@@H](n2cc(I)c(=O)[nH]c2=O)C[C@@H]1O. The number of rotatable bonds is 23. The quantitative estimate of drug-likeness (QED) is 0.0724. The van der Waals surface area contributed by atoms with Crippen LogP contribution in [0.5, 0.6) is 0 Å². The third-order valence-corrected chi connectivity index (χ3v) is 8.60. The van der Waals surface area contributed by atoms with Gasteiger partial charge in [0.1, 0.15) is 18.9 Å². The van der Waals surface area contributed by atoms with Crippen LogP contribution in [0.3, 0.4) is 0 Å². The van der Waals surface area contributed by atoms with Crippen LogP contribution in [0.25, 0.3) is 0 Å². The average molecular weight is 677 g/mol. The molecule has 40 heavy (non-hydrogen) atoms. The van der Waals surface area contributed by atoms with Crippen molar-refractivity contribution in [3.63, 3.8) is 0 Å². The number of aromatic amines is 1. The van der Waals surface area contributed by atoms with E-state index < -0.39 is 29.7 Å². The summed E-state index contributed by atoms with van der Waals surface area (Å²) in [5.41, 5.74) is -1.05. The topological polar surface area (TPSA) is 111 Å². The minimum absolute atomic E-state index is 0.0508. The summed E-state index contributed by atoms with van der Waals surface area (Å²) < 4.78 is 12.7. The molecular formula is C31H53IN2O6. The number of aromatic nitrogens is 2. The first-order valence-electron chi connectivity index (χ1n) is 15.9. The zero-order valence-corrected chi connectivity index (χ0v) is 26.8. The van der Waals surface area contributed by atoms with Gasteiger partial charge in [0.15, 0.2) is 0 Å². The second-order valence-electron chi connectivity index (χ2n) is 11.4. The summed E-state index contributed by atoms with van der Waals surface area (Å²) in [7, 11) is 0. The van der Waals surface area contributed by atoms with Crippen LogP contribution >= 0.6 is 22.6 Å². The maximum absolute atomic E-state index is 12.1. The summed E-state index contributed by atoms with van der Waals surface area (Å²) in [6, 6.07) is 0. The van der Waals surface area contributed by atoms with Crippen molar-refractivity contribution in [3.8, 4) is 0 Å². The molecule has 9 heteroatoms. The molecule has 1 aliphatic heterocycles. The van der Waals surface area contributed by atoms with Gasteiger partial charge in [-0.25, -0.2) is 4.79 Å². The molecule has 0 aromatic carbocycles. The zero-order chi connectivity index (χ0) is 29.0. The van der Waals surface area contributed by atoms with E-state index in [4.69, 9.17) is 9.47 Å². The van der Waals surface area contributed by atoms with E-state index >= 15 is 0 Å². The Morgan fingerprint density at radius 3 is 1.88 bits per heavy atom. The Morgan fingerprint density at radius 2 is 1.38 bits per heavy atom. The molecule has 1 aliphatic rings. The van der Waals surface area contributed by atoms with Gasteiger partial charge < -0.3 is 14.6 Å². The number of carbonyl (C=O) groups excluding carboxylic acids is 1. The highest BCUT2D eigenvalue weighted by Gasteiger charge is 2.36. The van der Waals surface area contributed by atoms with Gasteiger partial charge >= 0.3 is 11.7 Å². The fraction of sp³-hybridized carbons (Fsp3) is 0.839. The number of unbranched alkanes of at least 4 members (excludes halogenated alkanes) is 18. The van der Waals surface area contributed by atoms with Crippen LogP contribution < -0.4 is 11.2 Å². The smallest absolute Gasteiger partial charge is 0.330 e. The molecule has 2 heterocycles. The number of esters is 1. The van der Waals surface area contributed by atoms with Gasteiger partial charge in [-0.1, -0.05) is 122 Å². The molecule has 0 saturated carbocycles. The zero-order valence-electron chi connectivity index (χ0n) is 24.7. The lowest BCUT2D eigenvalue weighted by molar-refractivity contribution is -0.150. The van der Waals surface area contributed by atoms with Crippen molar-refractivity contribution in [2.75, 3.05) is 6.61 Å². The van der Waals surface area contributed by atoms with E-state index in [1.165, 1.54) is 113 Å². The highest BCUT2D eigenvalue weighted by Crippen LogP contribution is 2.28. The van der Waals surface area contributed by atoms with E-state index in [1.54, 1.807) is 0 Å². The molecule has 0 amide bonds. The molecule has 8 nitrogen and oxygen atoms in total. The van der Waals surface area contributed by atoms with Crippen molar-refractivity contribution < 1.29 is 19.4 Å². The molecule has 2 rings (SSSR count). The van der Waals surface area contributed by atoms with E-state index in [2.05, 4.69) is 11.9 Å². The number of nitrogens with one attached hydrogen (secondary N) is 1. The minimum atomic E-state index is -0.857. The lowest BCUT2D eigenvalue weighted by atomic mass is 10.0. The average Bonchev–Trinajstić information content (AvgIpc) is 3.30. The molecule has 230 valence electrons. The van der Waals surface area contributed by atoms with E-state index in [0.717, 1.165) is 19.3 Å². The Hall–Kier alpha value is -1.20. The number of carbonyl (C=O) groups is 1. The number of aliphatic hydroxyl groups excluding tert-OH is 1. The van der Waals surface area contributed by atoms with E-state index in [-0.39, 0.29) is 19.0 Å². The summed E-state index contributed by atoms with van der Waals surface area (Å²) in [4.78, 5) is 38.0. The number of hydrogen-bond donors (Lipinski definition) is 2. The molecule has 3 atom stereocenters. The lowest BCUT2D eigenvalue weighted by Crippen LogP contribution is -2.33. The van der Waals surface area contributed by atoms with Gasteiger partial charge in [0.05, 0.1) is 9.67 Å². The Bertz CT molecular complexity index is 933. The van der Waals surface area contributed by atoms with Gasteiger partial charge in [-0.2, -0.15) is 0 Å². The maximum Gasteiger partial charge on any atom is 0.330 e. The molecule has 1 saturated heterocycles. The number of H-pyrrole nitrogens is 1. The second-order valence-corrected chi connectivity index (χ2v) is 12.5. The summed E-state index contributed by atoms with van der Waals surface area (Å²) in [5.74, 6) is -0.290. The number of ether oxygens (including phenoxy) is 2. The Labute approximate surface area is 254 Å². The van der Waals surface area contributed by atoms with Crippen molar-refractivity contribution in [1.82, 2.24) is 9.55 Å². The fourth-order valence-electron chi connectivity index (χ4n) is 5.31. The van der Waals surface area contributed by atoms with Gasteiger partial charge in [0.2, 0.25) is 0 Å². The van der Waals surface area contributed by atoms with Crippen LogP contribution in [0.4, 0.5) is 0 Å². The third kappa shape index (κ3) is 14.6. The van der Waals surface area contributed by atoms with Gasteiger partial charge in [-0.3, -0.25) is 19.1 Å². The molecule has 0 spiro atoms. The molecule has 0 aliphatic carbocycles. The highest BCUT2D eigenvalue weighted by molar-refractivity contribution is 14.1. The molecule has 1 fully saturated rings. The monoisotopic (exact) mass is 676 g/mol. The normalized spacial score (nSPS) is 18.8. The molecule has 1 aromatic heterocycles. The largest absolute Gasteiger partial charge is 0.463 e. The van der Waals surface area contributed by atoms with Crippen LogP contribution in [0.2, 0.25) is 0 Å². The summed E-state index contributed by atoms with van der Waals surface area (Å²) in [6.07, 6.45) is 24.6. The first-order chi connectivity index (χ1) is 19.4. The number of halogens is 1. The van der Waals surface area contributed by atoms with Crippen LogP contribution in [0.15, 0.2) is 15.8 Å². The van der Waals surface area contributed by atoms with Crippen LogP contribution in [0.1, 0.15) is 148 Å². The van der Waals surface area contributed by atoms with E-state index in [0.29, 0.717) is 9.99 Å². The standard InChI is InChI=1S/C31H53IN2O6/c1-2-3-4-5-6-7-8-9-10-11-12-13-14-15-16-17-18-19-20-21-29(36)39-24-27-26(35)22-28(40-27)34-23-25(32)30(37)33-31(34)38/h23,26-28,35H,2-22,24H2,1H3,(H,33,37,38)/t26-,27+,28+/m0/s1. The third-order valence-electron chi connectivity index (χ3n) is 7.83. The molecule has 0 bridgehead atoms. The van der Waals surface area contributed by atoms with Crippen molar-refractivity contribution >= 4 is 28.6 Å². The number of aliphatic hydroxyl groups is 1. The Kier molecular flexibility index (Phi) is 18.8. The maximum atomic E-state index is 12.1. The molecule has 0 unspecified atom stereocenters. The van der Waals surface area contributed by atoms with Gasteiger partial charge in [0, 0.05) is 19.0 Å². The molecule has 2 N–H and O–H groups in total. The highest BCUT2D eigenvalue weighted by atomic mass is 127. The van der Waals surface area contributed by atoms with E-state index in [9.17, 15) is 19.5 Å². The minimum Gasteiger partial charge on any atom is -0.463 e. The first-order valence-corrected chi connectivity index (χ1v) is 17.0. The summed E-state index contributed by atoms with van der Waals surface area (Å²) in [6.45, 7) is 2.22. The summed E-state index contributed by atoms with van der Waals surface area (Å²) >= 11 is 1.84. The van der Waals surface area contributed by atoms with Crippen molar-refractivity contribution in [2.45, 2.75) is 160 Å².